The van der Waals surface area contributed by atoms with Crippen molar-refractivity contribution in [3.05, 3.63) is 58.6 Å². The van der Waals surface area contributed by atoms with E-state index >= 15 is 0 Å². The zero-order valence-corrected chi connectivity index (χ0v) is 16.6. The molecule has 0 amide bonds. The van der Waals surface area contributed by atoms with Crippen molar-refractivity contribution in [2.75, 3.05) is 0 Å². The largest absolute Gasteiger partial charge is 0.481 e. The summed E-state index contributed by atoms with van der Waals surface area (Å²) < 4.78 is 16.4. The molecular formula is C23H21ClFNO3. The Morgan fingerprint density at radius 2 is 2.03 bits per heavy atom. The molecule has 2 unspecified atom stereocenters. The number of allylic oxidation sites excluding steroid dienone is 4. The second-order valence-corrected chi connectivity index (χ2v) is 8.82. The Kier molecular flexibility index (Phi) is 4.39. The second-order valence-electron chi connectivity index (χ2n) is 8.26. The molecule has 2 heterocycles. The van der Waals surface area contributed by atoms with Crippen LogP contribution in [-0.2, 0) is 11.3 Å². The minimum atomic E-state index is -0.887. The number of aromatic nitrogens is 1. The first-order valence-electron chi connectivity index (χ1n) is 10.1. The molecule has 150 valence electrons. The minimum Gasteiger partial charge on any atom is -0.481 e. The van der Waals surface area contributed by atoms with Gasteiger partial charge in [0.1, 0.15) is 5.82 Å². The van der Waals surface area contributed by atoms with Gasteiger partial charge in [0.15, 0.2) is 5.78 Å². The summed E-state index contributed by atoms with van der Waals surface area (Å²) in [6, 6.07) is 3.04. The maximum atomic E-state index is 14.4. The van der Waals surface area contributed by atoms with Crippen LogP contribution >= 0.6 is 11.6 Å². The fraction of sp³-hybridized carbons (Fsp3) is 0.391. The summed E-state index contributed by atoms with van der Waals surface area (Å²) in [4.78, 5) is 25.1. The van der Waals surface area contributed by atoms with E-state index in [2.05, 4.69) is 0 Å². The normalized spacial score (nSPS) is 23.3. The van der Waals surface area contributed by atoms with Gasteiger partial charge in [0.25, 0.3) is 0 Å². The highest BCUT2D eigenvalue weighted by molar-refractivity contribution is 6.23. The smallest absolute Gasteiger partial charge is 0.304 e. The summed E-state index contributed by atoms with van der Waals surface area (Å²) in [7, 11) is 0. The molecule has 0 radical (unpaired) electrons. The van der Waals surface area contributed by atoms with Crippen molar-refractivity contribution in [3.8, 4) is 0 Å². The summed E-state index contributed by atoms with van der Waals surface area (Å²) in [5.41, 5.74) is 3.49. The minimum absolute atomic E-state index is 0.0313. The molecule has 1 aromatic heterocycles. The number of halogens is 2. The summed E-state index contributed by atoms with van der Waals surface area (Å²) in [5, 5.41) is 10.1. The van der Waals surface area contributed by atoms with Crippen LogP contribution in [0.15, 0.2) is 35.9 Å². The monoisotopic (exact) mass is 413 g/mol. The van der Waals surface area contributed by atoms with E-state index in [0.29, 0.717) is 36.0 Å². The van der Waals surface area contributed by atoms with Crippen molar-refractivity contribution in [1.29, 1.82) is 0 Å². The lowest BCUT2D eigenvalue weighted by Gasteiger charge is -2.14. The van der Waals surface area contributed by atoms with Gasteiger partial charge in [-0.2, -0.15) is 0 Å². The van der Waals surface area contributed by atoms with Crippen molar-refractivity contribution in [2.45, 2.75) is 55.9 Å². The van der Waals surface area contributed by atoms with Crippen LogP contribution in [0.3, 0.4) is 0 Å². The Labute approximate surface area is 172 Å². The number of aryl methyl sites for hydroxylation is 1. The Morgan fingerprint density at radius 3 is 2.69 bits per heavy atom. The van der Waals surface area contributed by atoms with E-state index in [1.807, 2.05) is 16.7 Å². The number of hydrogen-bond donors (Lipinski definition) is 1. The zero-order chi connectivity index (χ0) is 20.3. The molecule has 0 bridgehead atoms. The molecule has 5 rings (SSSR count). The molecule has 6 heteroatoms. The van der Waals surface area contributed by atoms with E-state index in [0.717, 1.165) is 29.5 Å². The first kappa shape index (κ1) is 18.6. The van der Waals surface area contributed by atoms with Crippen LogP contribution in [0.2, 0.25) is 0 Å². The van der Waals surface area contributed by atoms with Crippen LogP contribution in [0.1, 0.15) is 65.6 Å². The third-order valence-electron chi connectivity index (χ3n) is 6.26. The van der Waals surface area contributed by atoms with Gasteiger partial charge in [-0.3, -0.25) is 9.59 Å². The molecule has 1 aliphatic heterocycles. The first-order valence-corrected chi connectivity index (χ1v) is 10.5. The summed E-state index contributed by atoms with van der Waals surface area (Å²) >= 11 is 6.12. The Bertz CT molecular complexity index is 1110. The zero-order valence-electron chi connectivity index (χ0n) is 15.8. The molecule has 1 fully saturated rings. The number of nitrogens with zero attached hydrogens (tertiary/aromatic N) is 1. The van der Waals surface area contributed by atoms with Gasteiger partial charge in [-0.25, -0.2) is 4.39 Å². The Morgan fingerprint density at radius 1 is 1.24 bits per heavy atom. The number of carbonyl (C=O) groups excluding carboxylic acids is 1. The van der Waals surface area contributed by atoms with Crippen molar-refractivity contribution in [2.24, 2.45) is 0 Å². The summed E-state index contributed by atoms with van der Waals surface area (Å²) in [5.74, 6) is -1.29. The number of rotatable bonds is 5. The topological polar surface area (TPSA) is 59.3 Å². The number of benzene rings is 1. The molecule has 1 saturated carbocycles. The molecule has 0 saturated heterocycles. The van der Waals surface area contributed by atoms with E-state index < -0.39 is 5.97 Å². The van der Waals surface area contributed by atoms with E-state index in [1.165, 1.54) is 6.07 Å². The molecule has 2 atom stereocenters. The molecule has 29 heavy (non-hydrogen) atoms. The van der Waals surface area contributed by atoms with Gasteiger partial charge >= 0.3 is 5.97 Å². The number of ketones is 1. The number of alkyl halides is 1. The lowest BCUT2D eigenvalue weighted by atomic mass is 9.88. The fourth-order valence-corrected chi connectivity index (χ4v) is 5.00. The molecule has 1 N–H and O–H groups in total. The fourth-order valence-electron chi connectivity index (χ4n) is 4.84. The summed E-state index contributed by atoms with van der Waals surface area (Å²) in [6.07, 6.45) is 8.57. The average Bonchev–Trinajstić information content (AvgIpc) is 3.37. The van der Waals surface area contributed by atoms with Crippen molar-refractivity contribution in [3.63, 3.8) is 0 Å². The SMILES string of the molecule is O=C(O)CC1CCn2c1c(C(=O)C1=CCC(Cl)C=C1)c1c(C3CC3)cc(F)cc12. The number of fused-ring (bicyclic) bond motifs is 3. The van der Waals surface area contributed by atoms with Crippen LogP contribution < -0.4 is 0 Å². The lowest BCUT2D eigenvalue weighted by Crippen LogP contribution is -2.12. The van der Waals surface area contributed by atoms with Crippen molar-refractivity contribution in [1.82, 2.24) is 4.57 Å². The van der Waals surface area contributed by atoms with Crippen molar-refractivity contribution < 1.29 is 19.1 Å². The Hall–Kier alpha value is -2.40. The molecule has 1 aromatic carbocycles. The predicted molar refractivity (Wildman–Crippen MR) is 109 cm³/mol. The highest BCUT2D eigenvalue weighted by Crippen LogP contribution is 2.49. The highest BCUT2D eigenvalue weighted by Gasteiger charge is 2.37. The van der Waals surface area contributed by atoms with Gasteiger partial charge in [-0.1, -0.05) is 18.2 Å². The van der Waals surface area contributed by atoms with Gasteiger partial charge in [0.05, 0.1) is 22.9 Å². The predicted octanol–water partition coefficient (Wildman–Crippen LogP) is 5.30. The lowest BCUT2D eigenvalue weighted by molar-refractivity contribution is -0.137. The highest BCUT2D eigenvalue weighted by atomic mass is 35.5. The third kappa shape index (κ3) is 3.12. The van der Waals surface area contributed by atoms with Crippen LogP contribution in [-0.4, -0.2) is 26.8 Å². The third-order valence-corrected chi connectivity index (χ3v) is 6.59. The van der Waals surface area contributed by atoms with Gasteiger partial charge in [0, 0.05) is 29.1 Å². The van der Waals surface area contributed by atoms with Gasteiger partial charge in [0.2, 0.25) is 0 Å². The first-order chi connectivity index (χ1) is 13.9. The van der Waals surface area contributed by atoms with E-state index in [9.17, 15) is 19.1 Å². The molecule has 0 spiro atoms. The van der Waals surface area contributed by atoms with Crippen LogP contribution in [0.5, 0.6) is 0 Å². The number of Topliss-reactive ketones (excluding diaryl/α,β-unsaturated/α-hetero) is 1. The quantitative estimate of drug-likeness (QED) is 0.534. The van der Waals surface area contributed by atoms with Crippen molar-refractivity contribution >= 4 is 34.3 Å². The summed E-state index contributed by atoms with van der Waals surface area (Å²) in [6.45, 7) is 0.600. The Balaban J connectivity index is 1.75. The maximum Gasteiger partial charge on any atom is 0.304 e. The van der Waals surface area contributed by atoms with Crippen LogP contribution in [0.25, 0.3) is 10.9 Å². The molecular weight excluding hydrogens is 393 g/mol. The number of carboxylic acid groups (broad SMARTS) is 1. The van der Waals surface area contributed by atoms with E-state index in [-0.39, 0.29) is 35.2 Å². The standard InChI is InChI=1S/C23H21ClFNO3/c24-15-5-3-13(4-6-15)23(29)21-20-17(12-1-2-12)10-16(25)11-18(20)26-8-7-14(22(21)26)9-19(27)28/h3-5,10-12,14-15H,1-2,6-9H2,(H,27,28). The van der Waals surface area contributed by atoms with Gasteiger partial charge in [-0.05, 0) is 49.3 Å². The van der Waals surface area contributed by atoms with Crippen LogP contribution in [0, 0.1) is 5.82 Å². The molecule has 3 aliphatic rings. The van der Waals surface area contributed by atoms with Gasteiger partial charge < -0.3 is 9.67 Å². The van der Waals surface area contributed by atoms with E-state index in [1.54, 1.807) is 12.1 Å². The number of carboxylic acids is 1. The number of carbonyl (C=O) groups is 2. The molecule has 2 aromatic rings. The number of hydrogen-bond acceptors (Lipinski definition) is 2. The average molecular weight is 414 g/mol. The molecule has 4 nitrogen and oxygen atoms in total. The second kappa shape index (κ2) is 6.84. The van der Waals surface area contributed by atoms with Crippen LogP contribution in [0.4, 0.5) is 4.39 Å². The molecule has 2 aliphatic carbocycles. The maximum absolute atomic E-state index is 14.4. The number of aliphatic carboxylic acids is 1. The van der Waals surface area contributed by atoms with Gasteiger partial charge in [-0.15, -0.1) is 11.6 Å². The van der Waals surface area contributed by atoms with E-state index in [4.69, 9.17) is 11.6 Å².